The molecule has 0 aliphatic carbocycles. The summed E-state index contributed by atoms with van der Waals surface area (Å²) in [6, 6.07) is 23.6. The number of carboxylic acid groups (broad SMARTS) is 1. The van der Waals surface area contributed by atoms with E-state index in [0.717, 1.165) is 22.3 Å². The number of rotatable bonds is 7. The van der Waals surface area contributed by atoms with Crippen molar-refractivity contribution in [2.24, 2.45) is 16.5 Å². The number of aliphatic carboxylic acids is 1. The minimum absolute atomic E-state index is 0.0223. The highest BCUT2D eigenvalue weighted by molar-refractivity contribution is 6.02. The van der Waals surface area contributed by atoms with E-state index in [1.165, 1.54) is 0 Å². The van der Waals surface area contributed by atoms with Gasteiger partial charge < -0.3 is 21.9 Å². The molecule has 31 heavy (non-hydrogen) atoms. The molecule has 7 heteroatoms. The fourth-order valence-electron chi connectivity index (χ4n) is 2.98. The lowest BCUT2D eigenvalue weighted by Gasteiger charge is -2.08. The Morgan fingerprint density at radius 3 is 2.06 bits per heavy atom. The van der Waals surface area contributed by atoms with Crippen LogP contribution in [0.4, 0.5) is 0 Å². The number of guanidine groups is 1. The second-order valence-electron chi connectivity index (χ2n) is 7.06. The normalized spacial score (nSPS) is 12.2. The lowest BCUT2D eigenvalue weighted by Crippen LogP contribution is -2.32. The van der Waals surface area contributed by atoms with E-state index in [4.69, 9.17) is 16.6 Å². The number of carbonyl (C=O) groups is 2. The molecule has 1 amide bonds. The van der Waals surface area contributed by atoms with Gasteiger partial charge in [0.05, 0.1) is 0 Å². The molecule has 0 saturated carbocycles. The van der Waals surface area contributed by atoms with E-state index in [1.807, 2.05) is 42.5 Å². The molecular formula is C24H24N4O3. The average Bonchev–Trinajstić information content (AvgIpc) is 2.79. The molecule has 0 aromatic heterocycles. The van der Waals surface area contributed by atoms with Crippen LogP contribution in [0.2, 0.25) is 0 Å². The number of carbonyl (C=O) groups excluding carboxylic acids is 1. The molecule has 0 bridgehead atoms. The van der Waals surface area contributed by atoms with Gasteiger partial charge in [-0.3, -0.25) is 9.59 Å². The molecule has 0 fully saturated rings. The molecule has 7 nitrogen and oxygen atoms in total. The maximum atomic E-state index is 12.3. The number of carboxylic acids is 1. The van der Waals surface area contributed by atoms with Crippen LogP contribution in [0.5, 0.6) is 0 Å². The van der Waals surface area contributed by atoms with E-state index in [-0.39, 0.29) is 12.4 Å². The zero-order chi connectivity index (χ0) is 22.2. The molecule has 0 radical (unpaired) electrons. The lowest BCUT2D eigenvalue weighted by molar-refractivity contribution is -0.138. The van der Waals surface area contributed by atoms with Crippen LogP contribution >= 0.6 is 0 Å². The Morgan fingerprint density at radius 2 is 1.45 bits per heavy atom. The summed E-state index contributed by atoms with van der Waals surface area (Å²) in [5.41, 5.74) is 15.7. The van der Waals surface area contributed by atoms with Gasteiger partial charge in [-0.1, -0.05) is 66.7 Å². The Balaban J connectivity index is 1.55. The summed E-state index contributed by atoms with van der Waals surface area (Å²) in [5, 5.41) is 11.8. The third kappa shape index (κ3) is 6.25. The molecule has 0 aliphatic heterocycles. The van der Waals surface area contributed by atoms with Crippen LogP contribution < -0.4 is 16.8 Å². The van der Waals surface area contributed by atoms with Crippen molar-refractivity contribution in [1.82, 2.24) is 5.32 Å². The summed E-state index contributed by atoms with van der Waals surface area (Å²) in [6.07, 6.45) is 0.180. The van der Waals surface area contributed by atoms with Crippen molar-refractivity contribution in [3.8, 4) is 11.1 Å². The fraction of sp³-hybridized carbons (Fsp3) is 0.125. The Bertz CT molecular complexity index is 1060. The topological polar surface area (TPSA) is 131 Å². The number of hydrogen-bond acceptors (Lipinski definition) is 3. The number of hydrogen-bond donors (Lipinski definition) is 4. The van der Waals surface area contributed by atoms with Crippen molar-refractivity contribution in [3.63, 3.8) is 0 Å². The van der Waals surface area contributed by atoms with Gasteiger partial charge >= 0.3 is 5.97 Å². The minimum atomic E-state index is -1.07. The highest BCUT2D eigenvalue weighted by Crippen LogP contribution is 2.19. The third-order valence-electron chi connectivity index (χ3n) is 4.73. The van der Waals surface area contributed by atoms with E-state index in [0.29, 0.717) is 12.1 Å². The van der Waals surface area contributed by atoms with Crippen molar-refractivity contribution in [3.05, 3.63) is 95.6 Å². The first-order valence-electron chi connectivity index (χ1n) is 9.76. The van der Waals surface area contributed by atoms with Crippen molar-refractivity contribution < 1.29 is 14.7 Å². The third-order valence-corrected chi connectivity index (χ3v) is 4.73. The van der Waals surface area contributed by atoms with Gasteiger partial charge in [-0.05, 0) is 40.8 Å². The molecule has 0 unspecified atom stereocenters. The average molecular weight is 416 g/mol. The Hall–Kier alpha value is -3.97. The fourth-order valence-corrected chi connectivity index (χ4v) is 2.98. The number of nitrogens with two attached hydrogens (primary N) is 2. The predicted molar refractivity (Wildman–Crippen MR) is 120 cm³/mol. The van der Waals surface area contributed by atoms with Gasteiger partial charge in [0.15, 0.2) is 5.96 Å². The monoisotopic (exact) mass is 416 g/mol. The van der Waals surface area contributed by atoms with Crippen molar-refractivity contribution >= 4 is 17.8 Å². The summed E-state index contributed by atoms with van der Waals surface area (Å²) < 4.78 is 0. The van der Waals surface area contributed by atoms with E-state index in [2.05, 4.69) is 22.4 Å². The maximum Gasteiger partial charge on any atom is 0.320 e. The minimum Gasteiger partial charge on any atom is -0.480 e. The molecule has 3 rings (SSSR count). The van der Waals surface area contributed by atoms with E-state index >= 15 is 0 Å². The SMILES string of the molecule is NC(=NC(=O)c1ccc(C[C@H](N)C(=O)O)cc1)NCc1ccc(-c2ccccc2)cc1. The standard InChI is InChI=1S/C24H24N4O3/c25-21(23(30)31)14-16-6-12-20(13-7-16)22(29)28-24(26)27-15-17-8-10-19(11-9-17)18-4-2-1-3-5-18/h1-13,21H,14-15,25H2,(H,30,31)(H3,26,27,28,29)/t21-/m0/s1. The molecule has 3 aromatic carbocycles. The molecule has 6 N–H and O–H groups in total. The maximum absolute atomic E-state index is 12.3. The van der Waals surface area contributed by atoms with Gasteiger partial charge in [-0.25, -0.2) is 0 Å². The summed E-state index contributed by atoms with van der Waals surface area (Å²) >= 11 is 0. The molecule has 158 valence electrons. The van der Waals surface area contributed by atoms with Crippen LogP contribution in [0.1, 0.15) is 21.5 Å². The number of benzene rings is 3. The van der Waals surface area contributed by atoms with Gasteiger partial charge in [0, 0.05) is 12.1 Å². The van der Waals surface area contributed by atoms with Gasteiger partial charge in [0.25, 0.3) is 5.91 Å². The number of aliphatic imine (C=N–C) groups is 1. The number of amides is 1. The zero-order valence-corrected chi connectivity index (χ0v) is 16.9. The molecule has 3 aromatic rings. The van der Waals surface area contributed by atoms with Gasteiger partial charge in [-0.2, -0.15) is 4.99 Å². The first-order chi connectivity index (χ1) is 14.9. The Morgan fingerprint density at radius 1 is 0.871 bits per heavy atom. The van der Waals surface area contributed by atoms with Crippen LogP contribution in [-0.4, -0.2) is 29.0 Å². The summed E-state index contributed by atoms with van der Waals surface area (Å²) in [4.78, 5) is 27.0. The lowest BCUT2D eigenvalue weighted by atomic mass is 10.0. The smallest absolute Gasteiger partial charge is 0.320 e. The van der Waals surface area contributed by atoms with E-state index in [9.17, 15) is 9.59 Å². The Labute approximate surface area is 180 Å². The summed E-state index contributed by atoms with van der Waals surface area (Å²) in [7, 11) is 0. The van der Waals surface area contributed by atoms with Gasteiger partial charge in [-0.15, -0.1) is 0 Å². The van der Waals surface area contributed by atoms with E-state index < -0.39 is 17.9 Å². The number of nitrogens with zero attached hydrogens (tertiary/aromatic N) is 1. The predicted octanol–water partition coefficient (Wildman–Crippen LogP) is 2.55. The second-order valence-corrected chi connectivity index (χ2v) is 7.06. The van der Waals surface area contributed by atoms with Crippen LogP contribution in [0.15, 0.2) is 83.9 Å². The molecule has 0 spiro atoms. The first-order valence-corrected chi connectivity index (χ1v) is 9.76. The molecule has 0 aliphatic rings. The van der Waals surface area contributed by atoms with Crippen molar-refractivity contribution in [1.29, 1.82) is 0 Å². The molecule has 1 atom stereocenters. The molecule has 0 saturated heterocycles. The largest absolute Gasteiger partial charge is 0.480 e. The van der Waals surface area contributed by atoms with Crippen LogP contribution in [0.25, 0.3) is 11.1 Å². The van der Waals surface area contributed by atoms with E-state index in [1.54, 1.807) is 24.3 Å². The highest BCUT2D eigenvalue weighted by atomic mass is 16.4. The van der Waals surface area contributed by atoms with Crippen molar-refractivity contribution in [2.75, 3.05) is 0 Å². The number of nitrogens with one attached hydrogen (secondary N) is 1. The first kappa shape index (κ1) is 21.7. The van der Waals surface area contributed by atoms with Crippen LogP contribution in [-0.2, 0) is 17.8 Å². The quantitative estimate of drug-likeness (QED) is 0.346. The van der Waals surface area contributed by atoms with Crippen LogP contribution in [0.3, 0.4) is 0 Å². The molecule has 0 heterocycles. The summed E-state index contributed by atoms with van der Waals surface area (Å²) in [5.74, 6) is -1.54. The van der Waals surface area contributed by atoms with Crippen molar-refractivity contribution in [2.45, 2.75) is 19.0 Å². The Kier molecular flexibility index (Phi) is 7.13. The van der Waals surface area contributed by atoms with Gasteiger partial charge in [0.2, 0.25) is 0 Å². The summed E-state index contributed by atoms with van der Waals surface area (Å²) in [6.45, 7) is 0.434. The molecular weight excluding hydrogens is 392 g/mol. The van der Waals surface area contributed by atoms with Gasteiger partial charge in [0.1, 0.15) is 6.04 Å². The zero-order valence-electron chi connectivity index (χ0n) is 16.9. The highest BCUT2D eigenvalue weighted by Gasteiger charge is 2.12. The second kappa shape index (κ2) is 10.2. The van der Waals surface area contributed by atoms with Crippen LogP contribution in [0, 0.1) is 0 Å².